The lowest BCUT2D eigenvalue weighted by Crippen LogP contribution is -2.33. The second-order valence-corrected chi connectivity index (χ2v) is 12.9. The first-order valence-electron chi connectivity index (χ1n) is 12.8. The number of thioether (sulfide) groups is 1. The van der Waals surface area contributed by atoms with Gasteiger partial charge >= 0.3 is 4.87 Å². The zero-order valence-corrected chi connectivity index (χ0v) is 25.2. The van der Waals surface area contributed by atoms with Gasteiger partial charge in [-0.25, -0.2) is 4.90 Å². The number of methoxy groups -OCH3 is 1. The number of carbonyl (C=O) groups is 3. The predicted molar refractivity (Wildman–Crippen MR) is 163 cm³/mol. The molecule has 41 heavy (non-hydrogen) atoms. The van der Waals surface area contributed by atoms with Gasteiger partial charge in [0.25, 0.3) is 0 Å². The topological polar surface area (TPSA) is 97.7 Å². The highest BCUT2D eigenvalue weighted by molar-refractivity contribution is 9.10. The molecular formula is C30H24BrN3O5S2. The molecule has 3 heterocycles. The molecule has 0 radical (unpaired) electrons. The number of anilines is 2. The summed E-state index contributed by atoms with van der Waals surface area (Å²) in [5.74, 6) is -1.64. The van der Waals surface area contributed by atoms with Crippen LogP contribution in [0.5, 0.6) is 5.75 Å². The minimum absolute atomic E-state index is 0.208. The van der Waals surface area contributed by atoms with Crippen LogP contribution in [0.15, 0.2) is 87.1 Å². The van der Waals surface area contributed by atoms with Gasteiger partial charge in [0.1, 0.15) is 17.5 Å². The van der Waals surface area contributed by atoms with Crippen LogP contribution in [0.4, 0.5) is 11.4 Å². The summed E-state index contributed by atoms with van der Waals surface area (Å²) in [6.45, 7) is 1.72. The van der Waals surface area contributed by atoms with E-state index in [-0.39, 0.29) is 29.1 Å². The average Bonchev–Trinajstić information content (AvgIpc) is 3.40. The van der Waals surface area contributed by atoms with Crippen LogP contribution in [-0.2, 0) is 20.9 Å². The van der Waals surface area contributed by atoms with Crippen LogP contribution in [0.1, 0.15) is 21.9 Å². The molecule has 3 amide bonds. The summed E-state index contributed by atoms with van der Waals surface area (Å²) >= 11 is 5.68. The van der Waals surface area contributed by atoms with Gasteiger partial charge in [-0.3, -0.25) is 23.7 Å². The number of hydrogen-bond donors (Lipinski definition) is 1. The van der Waals surface area contributed by atoms with Gasteiger partial charge in [-0.05, 0) is 66.6 Å². The zero-order valence-electron chi connectivity index (χ0n) is 22.0. The molecule has 0 spiro atoms. The second kappa shape index (κ2) is 11.0. The van der Waals surface area contributed by atoms with E-state index in [1.807, 2.05) is 49.4 Å². The van der Waals surface area contributed by atoms with Crippen LogP contribution in [-0.4, -0.2) is 34.6 Å². The number of benzene rings is 3. The Morgan fingerprint density at radius 1 is 1.00 bits per heavy atom. The largest absolute Gasteiger partial charge is 0.497 e. The van der Waals surface area contributed by atoms with Gasteiger partial charge in [0.2, 0.25) is 17.7 Å². The quantitative estimate of drug-likeness (QED) is 0.280. The Bertz CT molecular complexity index is 1730. The van der Waals surface area contributed by atoms with Crippen LogP contribution in [0.3, 0.4) is 0 Å². The van der Waals surface area contributed by atoms with Gasteiger partial charge in [-0.1, -0.05) is 63.3 Å². The minimum atomic E-state index is -0.758. The number of rotatable bonds is 6. The van der Waals surface area contributed by atoms with Gasteiger partial charge in [-0.2, -0.15) is 0 Å². The lowest BCUT2D eigenvalue weighted by molar-refractivity contribution is -0.122. The van der Waals surface area contributed by atoms with E-state index in [1.165, 1.54) is 21.2 Å². The molecular weight excluding hydrogens is 626 g/mol. The molecule has 3 atom stereocenters. The molecule has 1 aromatic heterocycles. The summed E-state index contributed by atoms with van der Waals surface area (Å²) in [5.41, 5.74) is 2.92. The average molecular weight is 651 g/mol. The molecule has 0 saturated carbocycles. The summed E-state index contributed by atoms with van der Waals surface area (Å²) in [4.78, 5) is 55.8. The van der Waals surface area contributed by atoms with Gasteiger partial charge in [0.05, 0.1) is 23.7 Å². The molecule has 0 unspecified atom stereocenters. The Morgan fingerprint density at radius 2 is 1.73 bits per heavy atom. The molecule has 6 rings (SSSR count). The van der Waals surface area contributed by atoms with Crippen molar-refractivity contribution in [2.45, 2.75) is 29.7 Å². The van der Waals surface area contributed by atoms with Crippen LogP contribution >= 0.6 is 39.0 Å². The van der Waals surface area contributed by atoms with E-state index in [0.717, 1.165) is 26.9 Å². The SMILES string of the molecule is COc1ccc(N2C(=O)[C@H]3[C@H](c4ccc(Br)cc4)c4sc(=O)n(CC(=O)Nc5cccc(C)c5)c4S[C@H]3C2=O)cc1. The molecule has 2 aliphatic heterocycles. The summed E-state index contributed by atoms with van der Waals surface area (Å²) < 4.78 is 7.53. The van der Waals surface area contributed by atoms with E-state index in [1.54, 1.807) is 37.4 Å². The first-order valence-corrected chi connectivity index (χ1v) is 15.3. The number of thiazole rings is 1. The molecule has 4 aromatic rings. The third-order valence-electron chi connectivity index (χ3n) is 7.21. The van der Waals surface area contributed by atoms with Crippen molar-refractivity contribution in [3.05, 3.63) is 103 Å². The molecule has 0 aliphatic carbocycles. The van der Waals surface area contributed by atoms with Gasteiger partial charge in [0, 0.05) is 21.0 Å². The Kier molecular flexibility index (Phi) is 7.35. The van der Waals surface area contributed by atoms with Gasteiger partial charge in [-0.15, -0.1) is 0 Å². The fourth-order valence-corrected chi connectivity index (χ4v) is 8.37. The monoisotopic (exact) mass is 649 g/mol. The van der Waals surface area contributed by atoms with Crippen LogP contribution < -0.4 is 19.8 Å². The molecule has 1 N–H and O–H groups in total. The van der Waals surface area contributed by atoms with E-state index in [2.05, 4.69) is 21.2 Å². The molecule has 11 heteroatoms. The molecule has 1 fully saturated rings. The lowest BCUT2D eigenvalue weighted by Gasteiger charge is -2.30. The summed E-state index contributed by atoms with van der Waals surface area (Å²) in [6.07, 6.45) is 0. The lowest BCUT2D eigenvalue weighted by atomic mass is 9.83. The minimum Gasteiger partial charge on any atom is -0.497 e. The molecule has 0 bridgehead atoms. The van der Waals surface area contributed by atoms with E-state index in [0.29, 0.717) is 27.0 Å². The summed E-state index contributed by atoms with van der Waals surface area (Å²) in [5, 5.41) is 2.65. The Morgan fingerprint density at radius 3 is 2.41 bits per heavy atom. The van der Waals surface area contributed by atoms with Crippen molar-refractivity contribution in [1.82, 2.24) is 4.57 Å². The smallest absolute Gasteiger partial charge is 0.308 e. The summed E-state index contributed by atoms with van der Waals surface area (Å²) in [6, 6.07) is 21.8. The van der Waals surface area contributed by atoms with Crippen molar-refractivity contribution in [1.29, 1.82) is 0 Å². The van der Waals surface area contributed by atoms with Crippen LogP contribution in [0, 0.1) is 12.8 Å². The predicted octanol–water partition coefficient (Wildman–Crippen LogP) is 5.42. The highest BCUT2D eigenvalue weighted by Gasteiger charge is 2.56. The standard InChI is InChI=1S/C30H24BrN3O5S2/c1-16-4-3-5-19(14-16)32-22(35)15-33-29-26(41-30(33)38)23(17-6-8-18(31)9-7-17)24-25(40-29)28(37)34(27(24)36)20-10-12-21(39-2)13-11-20/h3-14,23-25H,15H2,1-2H3,(H,32,35)/t23-,24-,25+/m0/s1. The highest BCUT2D eigenvalue weighted by Crippen LogP contribution is 2.54. The highest BCUT2D eigenvalue weighted by atomic mass is 79.9. The molecule has 8 nitrogen and oxygen atoms in total. The number of ether oxygens (including phenoxy) is 1. The van der Waals surface area contributed by atoms with Gasteiger partial charge < -0.3 is 10.1 Å². The fourth-order valence-electron chi connectivity index (χ4n) is 5.34. The second-order valence-electron chi connectivity index (χ2n) is 9.84. The number of nitrogens with one attached hydrogen (secondary N) is 1. The Balaban J connectivity index is 1.40. The Hall–Kier alpha value is -3.67. The normalized spacial score (nSPS) is 19.6. The van der Waals surface area contributed by atoms with Crippen molar-refractivity contribution in [2.24, 2.45) is 5.92 Å². The maximum atomic E-state index is 14.0. The maximum Gasteiger partial charge on any atom is 0.308 e. The molecule has 3 aromatic carbocycles. The number of halogens is 1. The third kappa shape index (κ3) is 5.02. The molecule has 1 saturated heterocycles. The molecule has 208 valence electrons. The number of nitrogens with zero attached hydrogens (tertiary/aromatic N) is 2. The first-order chi connectivity index (χ1) is 19.7. The number of amides is 3. The first kappa shape index (κ1) is 27.5. The van der Waals surface area contributed by atoms with Gasteiger partial charge in [0.15, 0.2) is 0 Å². The van der Waals surface area contributed by atoms with Crippen molar-refractivity contribution in [2.75, 3.05) is 17.3 Å². The van der Waals surface area contributed by atoms with Crippen LogP contribution in [0.25, 0.3) is 0 Å². The number of hydrogen-bond acceptors (Lipinski definition) is 7. The third-order valence-corrected chi connectivity index (χ3v) is 10.3. The number of carbonyl (C=O) groups excluding carboxylic acids is 3. The fraction of sp³-hybridized carbons (Fsp3) is 0.200. The number of aromatic nitrogens is 1. The van der Waals surface area contributed by atoms with E-state index in [9.17, 15) is 19.2 Å². The number of aryl methyl sites for hydroxylation is 1. The number of imide groups is 1. The van der Waals surface area contributed by atoms with E-state index >= 15 is 0 Å². The van der Waals surface area contributed by atoms with Crippen molar-refractivity contribution in [3.8, 4) is 5.75 Å². The molecule has 2 aliphatic rings. The number of fused-ring (bicyclic) bond motifs is 2. The summed E-state index contributed by atoms with van der Waals surface area (Å²) in [7, 11) is 1.55. The van der Waals surface area contributed by atoms with Crippen LogP contribution in [0.2, 0.25) is 0 Å². The maximum absolute atomic E-state index is 14.0. The van der Waals surface area contributed by atoms with E-state index < -0.39 is 17.1 Å². The van der Waals surface area contributed by atoms with Crippen molar-refractivity contribution in [3.63, 3.8) is 0 Å². The van der Waals surface area contributed by atoms with Crippen molar-refractivity contribution >= 4 is 68.1 Å². The zero-order chi connectivity index (χ0) is 28.8. The van der Waals surface area contributed by atoms with E-state index in [4.69, 9.17) is 4.74 Å². The van der Waals surface area contributed by atoms with Crippen molar-refractivity contribution < 1.29 is 19.1 Å². The Labute approximate surface area is 252 Å².